The molecule has 3 heteroatoms. The van der Waals surface area contributed by atoms with Gasteiger partial charge in [0, 0.05) is 26.6 Å². The van der Waals surface area contributed by atoms with Gasteiger partial charge in [0.05, 0.1) is 0 Å². The first kappa shape index (κ1) is 19.6. The van der Waals surface area contributed by atoms with E-state index in [0.29, 0.717) is 23.0 Å². The van der Waals surface area contributed by atoms with Gasteiger partial charge in [0.1, 0.15) is 0 Å². The molecule has 152 valence electrons. The molecule has 0 aromatic carbocycles. The zero-order chi connectivity index (χ0) is 19.6. The van der Waals surface area contributed by atoms with Crippen LogP contribution in [0.5, 0.6) is 0 Å². The van der Waals surface area contributed by atoms with Crippen LogP contribution in [-0.2, 0) is 14.3 Å². The molecule has 4 aliphatic rings. The molecule has 0 N–H and O–H groups in total. The van der Waals surface area contributed by atoms with Crippen molar-refractivity contribution >= 4 is 5.78 Å². The predicted molar refractivity (Wildman–Crippen MR) is 107 cm³/mol. The summed E-state index contributed by atoms with van der Waals surface area (Å²) in [5.74, 6) is 3.13. The van der Waals surface area contributed by atoms with Gasteiger partial charge >= 0.3 is 0 Å². The number of hydrogen-bond donors (Lipinski definition) is 0. The number of hydrogen-bond acceptors (Lipinski definition) is 3. The minimum Gasteiger partial charge on any atom is -0.353 e. The summed E-state index contributed by atoms with van der Waals surface area (Å²) in [5.41, 5.74) is 2.00. The molecule has 0 aliphatic heterocycles. The highest BCUT2D eigenvalue weighted by Gasteiger charge is 2.63. The van der Waals surface area contributed by atoms with Crippen LogP contribution in [0.1, 0.15) is 72.6 Å². The second-order valence-corrected chi connectivity index (χ2v) is 10.6. The van der Waals surface area contributed by atoms with E-state index in [9.17, 15) is 4.79 Å². The molecule has 3 fully saturated rings. The normalized spacial score (nSPS) is 47.1. The van der Waals surface area contributed by atoms with E-state index >= 15 is 0 Å². The van der Waals surface area contributed by atoms with E-state index in [0.717, 1.165) is 30.6 Å². The van der Waals surface area contributed by atoms with Crippen molar-refractivity contribution in [2.45, 2.75) is 78.4 Å². The number of rotatable bonds is 3. The van der Waals surface area contributed by atoms with Gasteiger partial charge < -0.3 is 9.47 Å². The number of ketones is 1. The summed E-state index contributed by atoms with van der Waals surface area (Å²) in [6, 6.07) is 0. The lowest BCUT2D eigenvalue weighted by atomic mass is 9.45. The molecular weight excluding hydrogens is 336 g/mol. The third-order valence-corrected chi connectivity index (χ3v) is 9.72. The maximum Gasteiger partial charge on any atom is 0.168 e. The minimum atomic E-state index is -0.483. The zero-order valence-electron chi connectivity index (χ0n) is 18.1. The molecule has 4 aliphatic carbocycles. The summed E-state index contributed by atoms with van der Waals surface area (Å²) in [4.78, 5) is 12.1. The molecule has 7 atom stereocenters. The van der Waals surface area contributed by atoms with Gasteiger partial charge in [-0.3, -0.25) is 4.79 Å². The molecule has 0 aromatic rings. The molecule has 0 saturated heterocycles. The highest BCUT2D eigenvalue weighted by molar-refractivity contribution is 5.91. The molecule has 0 spiro atoms. The van der Waals surface area contributed by atoms with E-state index in [1.807, 2.05) is 6.08 Å². The fourth-order valence-electron chi connectivity index (χ4n) is 8.21. The van der Waals surface area contributed by atoms with Crippen molar-refractivity contribution in [2.75, 3.05) is 14.2 Å². The monoisotopic (exact) mass is 374 g/mol. The Labute approximate surface area is 165 Å². The molecule has 3 saturated carbocycles. The average molecular weight is 375 g/mol. The van der Waals surface area contributed by atoms with Crippen LogP contribution in [0.2, 0.25) is 0 Å². The van der Waals surface area contributed by atoms with E-state index in [1.54, 1.807) is 14.2 Å². The molecule has 5 unspecified atom stereocenters. The van der Waals surface area contributed by atoms with Crippen LogP contribution < -0.4 is 0 Å². The van der Waals surface area contributed by atoms with E-state index < -0.39 is 5.79 Å². The second kappa shape index (κ2) is 6.42. The van der Waals surface area contributed by atoms with Crippen LogP contribution in [0, 0.1) is 40.4 Å². The highest BCUT2D eigenvalue weighted by atomic mass is 16.7. The lowest BCUT2D eigenvalue weighted by molar-refractivity contribution is -0.252. The van der Waals surface area contributed by atoms with Gasteiger partial charge in [0.15, 0.2) is 11.6 Å². The number of allylic oxidation sites excluding steroid dienone is 1. The van der Waals surface area contributed by atoms with Gasteiger partial charge in [0.2, 0.25) is 0 Å². The molecule has 0 heterocycles. The number of carbonyl (C=O) groups is 1. The predicted octanol–water partition coefficient (Wildman–Crippen LogP) is 5.39. The van der Waals surface area contributed by atoms with Gasteiger partial charge in [-0.25, -0.2) is 0 Å². The maximum atomic E-state index is 12.1. The molecule has 27 heavy (non-hydrogen) atoms. The standard InChI is InChI=1S/C24H38O3/c1-15-13-17-18-7-8-21(24(4,26-5)27-6)23(18,3)12-10-19(17)22(2)11-9-16(25)14-20(15)22/h14-15,17-19,21H,7-13H2,1-6H3/t15-,17?,18?,19-,21?,22?,23?/m0/s1. The summed E-state index contributed by atoms with van der Waals surface area (Å²) >= 11 is 0. The Balaban J connectivity index is 1.68. The largest absolute Gasteiger partial charge is 0.353 e. The van der Waals surface area contributed by atoms with Crippen molar-refractivity contribution in [3.8, 4) is 0 Å². The Kier molecular flexibility index (Phi) is 4.67. The van der Waals surface area contributed by atoms with Crippen molar-refractivity contribution in [3.63, 3.8) is 0 Å². The Morgan fingerprint density at radius 1 is 1.07 bits per heavy atom. The van der Waals surface area contributed by atoms with Gasteiger partial charge in [-0.1, -0.05) is 26.3 Å². The number of carbonyl (C=O) groups excluding carboxylic acids is 1. The SMILES string of the molecule is COC(C)(OC)C1CCC2C3C[C@H](C)C4=CC(=O)CCC4(C)[C@H]3CCC21C. The average Bonchev–Trinajstić information content (AvgIpc) is 3.01. The first-order chi connectivity index (χ1) is 12.7. The van der Waals surface area contributed by atoms with Crippen LogP contribution in [-0.4, -0.2) is 25.8 Å². The Bertz CT molecular complexity index is 648. The smallest absolute Gasteiger partial charge is 0.168 e. The fourth-order valence-corrected chi connectivity index (χ4v) is 8.21. The first-order valence-electron chi connectivity index (χ1n) is 11.0. The molecule has 0 aromatic heterocycles. The van der Waals surface area contributed by atoms with Crippen LogP contribution in [0.25, 0.3) is 0 Å². The maximum absolute atomic E-state index is 12.1. The third-order valence-electron chi connectivity index (χ3n) is 9.72. The van der Waals surface area contributed by atoms with Crippen molar-refractivity contribution < 1.29 is 14.3 Å². The van der Waals surface area contributed by atoms with Crippen molar-refractivity contribution in [1.82, 2.24) is 0 Å². The highest BCUT2D eigenvalue weighted by Crippen LogP contribution is 2.68. The molecule has 0 radical (unpaired) electrons. The lowest BCUT2D eigenvalue weighted by Crippen LogP contribution is -2.55. The second-order valence-electron chi connectivity index (χ2n) is 10.6. The number of fused-ring (bicyclic) bond motifs is 5. The topological polar surface area (TPSA) is 35.5 Å². The quantitative estimate of drug-likeness (QED) is 0.621. The van der Waals surface area contributed by atoms with Crippen molar-refractivity contribution in [1.29, 1.82) is 0 Å². The lowest BCUT2D eigenvalue weighted by Gasteiger charge is -2.60. The number of methoxy groups -OCH3 is 2. The van der Waals surface area contributed by atoms with Gasteiger partial charge in [-0.15, -0.1) is 0 Å². The van der Waals surface area contributed by atoms with Crippen LogP contribution >= 0.6 is 0 Å². The van der Waals surface area contributed by atoms with Gasteiger partial charge in [0.25, 0.3) is 0 Å². The summed E-state index contributed by atoms with van der Waals surface area (Å²) in [6.45, 7) is 9.49. The Hall–Kier alpha value is -0.670. The first-order valence-corrected chi connectivity index (χ1v) is 11.0. The van der Waals surface area contributed by atoms with Crippen LogP contribution in [0.15, 0.2) is 11.6 Å². The molecule has 4 rings (SSSR count). The molecule has 3 nitrogen and oxygen atoms in total. The van der Waals surface area contributed by atoms with Gasteiger partial charge in [-0.05, 0) is 86.0 Å². The Morgan fingerprint density at radius 3 is 2.44 bits per heavy atom. The van der Waals surface area contributed by atoms with Crippen LogP contribution in [0.3, 0.4) is 0 Å². The zero-order valence-corrected chi connectivity index (χ0v) is 18.1. The van der Waals surface area contributed by atoms with E-state index in [1.165, 1.54) is 37.7 Å². The molecule has 0 amide bonds. The fraction of sp³-hybridized carbons (Fsp3) is 0.875. The van der Waals surface area contributed by atoms with Gasteiger partial charge in [-0.2, -0.15) is 0 Å². The molecule has 0 bridgehead atoms. The molecular formula is C24H38O3. The van der Waals surface area contributed by atoms with E-state index in [-0.39, 0.29) is 5.41 Å². The summed E-state index contributed by atoms with van der Waals surface area (Å²) in [6.07, 6.45) is 10.1. The summed E-state index contributed by atoms with van der Waals surface area (Å²) in [7, 11) is 3.59. The van der Waals surface area contributed by atoms with E-state index in [4.69, 9.17) is 9.47 Å². The third kappa shape index (κ3) is 2.64. The summed E-state index contributed by atoms with van der Waals surface area (Å²) in [5, 5.41) is 0. The summed E-state index contributed by atoms with van der Waals surface area (Å²) < 4.78 is 11.8. The Morgan fingerprint density at radius 2 is 1.78 bits per heavy atom. The van der Waals surface area contributed by atoms with Crippen molar-refractivity contribution in [2.24, 2.45) is 40.4 Å². The number of ether oxygens (including phenoxy) is 2. The minimum absolute atomic E-state index is 0.238. The van der Waals surface area contributed by atoms with E-state index in [2.05, 4.69) is 27.7 Å². The van der Waals surface area contributed by atoms with Crippen LogP contribution in [0.4, 0.5) is 0 Å². The van der Waals surface area contributed by atoms with Crippen molar-refractivity contribution in [3.05, 3.63) is 11.6 Å².